The van der Waals surface area contributed by atoms with Crippen molar-refractivity contribution in [2.45, 2.75) is 88.5 Å². The van der Waals surface area contributed by atoms with Gasteiger partial charge in [-0.2, -0.15) is 5.10 Å². The molecule has 0 spiro atoms. The van der Waals surface area contributed by atoms with E-state index in [9.17, 15) is 28.8 Å². The number of hydrogen-bond donors (Lipinski definition) is 4. The summed E-state index contributed by atoms with van der Waals surface area (Å²) in [6.07, 6.45) is 7.75. The molecular formula is C55H60N10O7. The van der Waals surface area contributed by atoms with Gasteiger partial charge in [0.15, 0.2) is 0 Å². The molecule has 4 aromatic carbocycles. The normalized spacial score (nSPS) is 22.8. The summed E-state index contributed by atoms with van der Waals surface area (Å²) < 4.78 is 8.05. The third kappa shape index (κ3) is 9.45. The van der Waals surface area contributed by atoms with Gasteiger partial charge in [-0.25, -0.2) is 4.68 Å². The zero-order valence-electron chi connectivity index (χ0n) is 40.3. The quantitative estimate of drug-likeness (QED) is 0.107. The van der Waals surface area contributed by atoms with Crippen molar-refractivity contribution < 1.29 is 33.5 Å². The molecule has 2 atom stereocenters. The first-order chi connectivity index (χ1) is 35.0. The fourth-order valence-corrected chi connectivity index (χ4v) is 11.8. The van der Waals surface area contributed by atoms with Crippen LogP contribution in [0.2, 0.25) is 0 Å². The average molecular weight is 973 g/mol. The van der Waals surface area contributed by atoms with Gasteiger partial charge in [0.2, 0.25) is 11.8 Å². The van der Waals surface area contributed by atoms with Gasteiger partial charge < -0.3 is 30.9 Å². The number of piperidine rings is 2. The average Bonchev–Trinajstić information content (AvgIpc) is 3.92. The number of nitrogens with one attached hydrogen (secondary N) is 3. The molecule has 11 rings (SSSR count). The number of nitrogens with zero attached hydrogens (tertiary/aromatic N) is 6. The third-order valence-electron chi connectivity index (χ3n) is 15.6. The summed E-state index contributed by atoms with van der Waals surface area (Å²) in [5.74, 6) is -0.366. The van der Waals surface area contributed by atoms with Gasteiger partial charge >= 0.3 is 0 Å². The fraction of sp³-hybridized carbons (Fsp3) is 0.400. The Morgan fingerprint density at radius 3 is 2.12 bits per heavy atom. The molecule has 4 fully saturated rings. The number of carbonyl (C=O) groups excluding carboxylic acids is 6. The Kier molecular flexibility index (Phi) is 13.1. The van der Waals surface area contributed by atoms with E-state index in [0.29, 0.717) is 66.8 Å². The van der Waals surface area contributed by atoms with Gasteiger partial charge in [0.1, 0.15) is 34.6 Å². The second-order valence-corrected chi connectivity index (χ2v) is 20.1. The lowest BCUT2D eigenvalue weighted by molar-refractivity contribution is -0.136. The molecule has 72 heavy (non-hydrogen) atoms. The zero-order valence-corrected chi connectivity index (χ0v) is 40.3. The van der Waals surface area contributed by atoms with Crippen molar-refractivity contribution in [1.29, 1.82) is 0 Å². The van der Waals surface area contributed by atoms with Crippen LogP contribution < -0.4 is 31.3 Å². The van der Waals surface area contributed by atoms with Gasteiger partial charge in [0.25, 0.3) is 23.6 Å². The van der Waals surface area contributed by atoms with Gasteiger partial charge in [-0.15, -0.1) is 0 Å². The van der Waals surface area contributed by atoms with Crippen molar-refractivity contribution in [2.75, 3.05) is 56.0 Å². The van der Waals surface area contributed by atoms with E-state index in [1.54, 1.807) is 11.0 Å². The van der Waals surface area contributed by atoms with E-state index in [0.717, 1.165) is 98.8 Å². The molecule has 5 aliphatic heterocycles. The number of primary amides is 1. The molecule has 5 N–H and O–H groups in total. The summed E-state index contributed by atoms with van der Waals surface area (Å²) in [4.78, 5) is 84.6. The Labute approximate surface area is 418 Å². The molecule has 6 amide bonds. The third-order valence-corrected chi connectivity index (χ3v) is 15.6. The highest BCUT2D eigenvalue weighted by Crippen LogP contribution is 2.42. The van der Waals surface area contributed by atoms with Crippen LogP contribution in [0.3, 0.4) is 0 Å². The lowest BCUT2D eigenvalue weighted by Crippen LogP contribution is -2.54. The minimum Gasteiger partial charge on any atom is -0.457 e. The Morgan fingerprint density at radius 1 is 0.722 bits per heavy atom. The molecule has 1 unspecified atom stereocenters. The largest absolute Gasteiger partial charge is 0.457 e. The van der Waals surface area contributed by atoms with Crippen LogP contribution in [0.25, 0.3) is 11.3 Å². The number of para-hydroxylation sites is 1. The molecule has 5 aromatic rings. The van der Waals surface area contributed by atoms with Crippen molar-refractivity contribution in [3.05, 3.63) is 125 Å². The first kappa shape index (κ1) is 47.0. The van der Waals surface area contributed by atoms with Gasteiger partial charge in [-0.3, -0.25) is 43.9 Å². The Balaban J connectivity index is 0.622. The van der Waals surface area contributed by atoms with E-state index in [2.05, 4.69) is 54.7 Å². The fourth-order valence-electron chi connectivity index (χ4n) is 11.8. The van der Waals surface area contributed by atoms with Crippen molar-refractivity contribution in [3.8, 4) is 22.8 Å². The van der Waals surface area contributed by atoms with E-state index in [-0.39, 0.29) is 35.9 Å². The lowest BCUT2D eigenvalue weighted by atomic mass is 9.79. The first-order valence-corrected chi connectivity index (χ1v) is 25.5. The SMILES string of the molecule is NC(=O)c1c(-c2ccc(Oc3ccccc3)cc2)nn2c1NCC[C@H]2C1CCC(NC2CCN(Cc3ccc(N4CCN(C(=O)c5ccc6c(c5)C(=O)N(C5CCC(=O)NC5=O)C6=O)CC4)cc3)CC2)CC1. The monoisotopic (exact) mass is 972 g/mol. The maximum Gasteiger partial charge on any atom is 0.262 e. The number of hydrogen-bond acceptors (Lipinski definition) is 12. The van der Waals surface area contributed by atoms with E-state index < -0.39 is 35.6 Å². The van der Waals surface area contributed by atoms with Crippen LogP contribution >= 0.6 is 0 Å². The van der Waals surface area contributed by atoms with Gasteiger partial charge in [0.05, 0.1) is 17.2 Å². The minimum atomic E-state index is -1.06. The highest BCUT2D eigenvalue weighted by molar-refractivity contribution is 6.24. The van der Waals surface area contributed by atoms with E-state index in [1.807, 2.05) is 54.6 Å². The number of ether oxygens (including phenoxy) is 1. The highest BCUT2D eigenvalue weighted by Gasteiger charge is 2.45. The van der Waals surface area contributed by atoms with Crippen LogP contribution in [0.15, 0.2) is 97.1 Å². The number of benzene rings is 4. The number of anilines is 2. The topological polar surface area (TPSA) is 205 Å². The van der Waals surface area contributed by atoms with Crippen LogP contribution in [-0.4, -0.2) is 124 Å². The van der Waals surface area contributed by atoms with Crippen molar-refractivity contribution in [2.24, 2.45) is 11.7 Å². The van der Waals surface area contributed by atoms with Gasteiger partial charge in [0, 0.05) is 74.6 Å². The van der Waals surface area contributed by atoms with Crippen LogP contribution in [-0.2, 0) is 16.1 Å². The molecule has 1 saturated carbocycles. The number of rotatable bonds is 12. The number of amides is 6. The summed E-state index contributed by atoms with van der Waals surface area (Å²) in [5.41, 5.74) is 10.8. The number of likely N-dealkylation sites (tertiary alicyclic amines) is 1. The van der Waals surface area contributed by atoms with Crippen LogP contribution in [0.4, 0.5) is 11.5 Å². The second kappa shape index (κ2) is 20.0. The molecule has 0 bridgehead atoms. The molecule has 17 nitrogen and oxygen atoms in total. The number of piperazine rings is 1. The summed E-state index contributed by atoms with van der Waals surface area (Å²) in [6.45, 7) is 6.09. The summed E-state index contributed by atoms with van der Waals surface area (Å²) >= 11 is 0. The second-order valence-electron chi connectivity index (χ2n) is 20.1. The predicted molar refractivity (Wildman–Crippen MR) is 270 cm³/mol. The molecule has 0 radical (unpaired) electrons. The molecule has 3 saturated heterocycles. The Morgan fingerprint density at radius 2 is 1.42 bits per heavy atom. The highest BCUT2D eigenvalue weighted by atomic mass is 16.5. The first-order valence-electron chi connectivity index (χ1n) is 25.5. The van der Waals surface area contributed by atoms with Crippen LogP contribution in [0.5, 0.6) is 11.5 Å². The van der Waals surface area contributed by atoms with Crippen LogP contribution in [0.1, 0.15) is 111 Å². The lowest BCUT2D eigenvalue weighted by Gasteiger charge is -2.39. The van der Waals surface area contributed by atoms with E-state index >= 15 is 0 Å². The summed E-state index contributed by atoms with van der Waals surface area (Å²) in [5, 5.41) is 14.8. The molecule has 1 aliphatic carbocycles. The summed E-state index contributed by atoms with van der Waals surface area (Å²) in [6, 6.07) is 30.7. The number of imide groups is 2. The maximum atomic E-state index is 13.6. The summed E-state index contributed by atoms with van der Waals surface area (Å²) in [7, 11) is 0. The van der Waals surface area contributed by atoms with Gasteiger partial charge in [-0.1, -0.05) is 30.3 Å². The number of nitrogens with two attached hydrogens (primary N) is 1. The Hall–Kier alpha value is -7.37. The number of fused-ring (bicyclic) bond motifs is 2. The smallest absolute Gasteiger partial charge is 0.262 e. The minimum absolute atomic E-state index is 0.0402. The molecule has 17 heteroatoms. The Bertz CT molecular complexity index is 2880. The van der Waals surface area contributed by atoms with Crippen molar-refractivity contribution in [1.82, 2.24) is 35.1 Å². The molecule has 372 valence electrons. The van der Waals surface area contributed by atoms with Gasteiger partial charge in [-0.05, 0) is 143 Å². The zero-order chi connectivity index (χ0) is 49.5. The van der Waals surface area contributed by atoms with E-state index in [1.165, 1.54) is 17.7 Å². The standard InChI is InChI=1S/C55H60N10O7/c56-50(67)48-49(36-10-17-42(18-11-36)72-41-4-2-1-3-5-41)60-65-45(22-25-57-51(48)65)35-8-13-38(14-9-35)58-39-23-26-61(27-24-39)33-34-6-15-40(16-7-34)62-28-30-63(31-29-62)53(69)37-12-19-43-44(32-37)55(71)64(54(43)70)46-20-21-47(66)59-52(46)68/h1-7,10-12,15-19,32,35,38-39,45-46,57-58H,8-9,13-14,20-31,33H2,(H2,56,67)(H,59,66,68)/t35?,38?,45-,46?/m0/s1. The van der Waals surface area contributed by atoms with Crippen molar-refractivity contribution >= 4 is 46.9 Å². The van der Waals surface area contributed by atoms with E-state index in [4.69, 9.17) is 15.6 Å². The maximum absolute atomic E-state index is 13.6. The number of aromatic nitrogens is 2. The number of carbonyl (C=O) groups is 6. The molecule has 1 aromatic heterocycles. The van der Waals surface area contributed by atoms with Crippen LogP contribution in [0, 0.1) is 5.92 Å². The molecular weight excluding hydrogens is 913 g/mol. The van der Waals surface area contributed by atoms with Crippen molar-refractivity contribution in [3.63, 3.8) is 0 Å². The molecule has 6 heterocycles. The predicted octanol–water partition coefficient (Wildman–Crippen LogP) is 5.97. The molecule has 6 aliphatic rings.